The van der Waals surface area contributed by atoms with Crippen molar-refractivity contribution in [3.05, 3.63) is 33.9 Å². The minimum Gasteiger partial charge on any atom is -0.496 e. The molecule has 0 spiro atoms. The number of carboxylic acids is 1. The predicted molar refractivity (Wildman–Crippen MR) is 73.5 cm³/mol. The molecule has 0 amide bonds. The van der Waals surface area contributed by atoms with Gasteiger partial charge in [-0.15, -0.1) is 0 Å². The number of benzene rings is 1. The van der Waals surface area contributed by atoms with E-state index in [9.17, 15) is 20.0 Å². The molecule has 0 radical (unpaired) electrons. The predicted octanol–water partition coefficient (Wildman–Crippen LogP) is 2.03. The summed E-state index contributed by atoms with van der Waals surface area (Å²) in [6.07, 6.45) is 1.34. The second-order valence-electron chi connectivity index (χ2n) is 5.21. The zero-order valence-electron chi connectivity index (χ0n) is 11.7. The van der Waals surface area contributed by atoms with Crippen LogP contribution in [0, 0.1) is 15.5 Å². The number of aliphatic carboxylic acids is 1. The van der Waals surface area contributed by atoms with Gasteiger partial charge in [-0.25, -0.2) is 0 Å². The SMILES string of the molecule is COc1cc(CC2(C(=O)O)CCCOC2)cc([N+](=O)[O-])c1. The van der Waals surface area contributed by atoms with E-state index in [1.807, 2.05) is 0 Å². The average Bonchev–Trinajstić information content (AvgIpc) is 2.47. The highest BCUT2D eigenvalue weighted by Gasteiger charge is 2.41. The van der Waals surface area contributed by atoms with Crippen molar-refractivity contribution in [3.8, 4) is 5.75 Å². The number of nitro groups is 1. The Labute approximate surface area is 121 Å². The second kappa shape index (κ2) is 6.09. The Morgan fingerprint density at radius 1 is 1.52 bits per heavy atom. The molecule has 0 aromatic heterocycles. The number of non-ortho nitro benzene ring substituents is 1. The Hall–Kier alpha value is -2.15. The van der Waals surface area contributed by atoms with Gasteiger partial charge in [-0.05, 0) is 30.9 Å². The molecule has 1 aliphatic heterocycles. The number of carbonyl (C=O) groups is 1. The van der Waals surface area contributed by atoms with Crippen LogP contribution in [0.4, 0.5) is 5.69 Å². The number of nitro benzene ring substituents is 1. The van der Waals surface area contributed by atoms with E-state index in [0.717, 1.165) is 0 Å². The summed E-state index contributed by atoms with van der Waals surface area (Å²) in [7, 11) is 1.42. The zero-order chi connectivity index (χ0) is 15.5. The van der Waals surface area contributed by atoms with Crippen LogP contribution in [0.3, 0.4) is 0 Å². The number of hydrogen-bond donors (Lipinski definition) is 1. The van der Waals surface area contributed by atoms with Crippen LogP contribution >= 0.6 is 0 Å². The third-order valence-corrected chi connectivity index (χ3v) is 3.72. The number of rotatable bonds is 5. The standard InChI is InChI=1S/C14H17NO6/c1-20-12-6-10(5-11(7-12)15(18)19)8-14(13(16)17)3-2-4-21-9-14/h5-7H,2-4,8-9H2,1H3,(H,16,17). The Kier molecular flexibility index (Phi) is 4.42. The minimum absolute atomic E-state index is 0.110. The summed E-state index contributed by atoms with van der Waals surface area (Å²) in [5.41, 5.74) is -0.575. The monoisotopic (exact) mass is 295 g/mol. The van der Waals surface area contributed by atoms with Gasteiger partial charge in [-0.1, -0.05) is 0 Å². The molecule has 0 bridgehead atoms. The van der Waals surface area contributed by atoms with Crippen molar-refractivity contribution >= 4 is 11.7 Å². The van der Waals surface area contributed by atoms with Gasteiger partial charge in [0, 0.05) is 12.7 Å². The van der Waals surface area contributed by atoms with Gasteiger partial charge in [-0.2, -0.15) is 0 Å². The first-order valence-electron chi connectivity index (χ1n) is 6.60. The van der Waals surface area contributed by atoms with Crippen LogP contribution in [-0.4, -0.2) is 36.3 Å². The first kappa shape index (κ1) is 15.2. The van der Waals surface area contributed by atoms with Crippen molar-refractivity contribution in [2.75, 3.05) is 20.3 Å². The maximum absolute atomic E-state index is 11.6. The van der Waals surface area contributed by atoms with E-state index in [-0.39, 0.29) is 18.7 Å². The van der Waals surface area contributed by atoms with Crippen molar-refractivity contribution in [1.29, 1.82) is 0 Å². The summed E-state index contributed by atoms with van der Waals surface area (Å²) in [5.74, 6) is -0.593. The summed E-state index contributed by atoms with van der Waals surface area (Å²) in [6, 6.07) is 4.34. The van der Waals surface area contributed by atoms with Crippen LogP contribution in [0.5, 0.6) is 5.75 Å². The lowest BCUT2D eigenvalue weighted by atomic mass is 9.77. The van der Waals surface area contributed by atoms with Crippen molar-refractivity contribution in [2.24, 2.45) is 5.41 Å². The highest BCUT2D eigenvalue weighted by molar-refractivity contribution is 5.75. The third-order valence-electron chi connectivity index (χ3n) is 3.72. The highest BCUT2D eigenvalue weighted by atomic mass is 16.6. The molecular weight excluding hydrogens is 278 g/mol. The van der Waals surface area contributed by atoms with E-state index < -0.39 is 16.3 Å². The Morgan fingerprint density at radius 3 is 2.81 bits per heavy atom. The molecule has 1 unspecified atom stereocenters. The maximum Gasteiger partial charge on any atom is 0.312 e. The average molecular weight is 295 g/mol. The van der Waals surface area contributed by atoms with Gasteiger partial charge >= 0.3 is 5.97 Å². The first-order chi connectivity index (χ1) is 9.97. The number of ether oxygens (including phenoxy) is 2. The van der Waals surface area contributed by atoms with E-state index >= 15 is 0 Å². The Bertz CT molecular complexity index is 550. The fourth-order valence-electron chi connectivity index (χ4n) is 2.60. The van der Waals surface area contributed by atoms with Crippen LogP contribution in [0.25, 0.3) is 0 Å². The van der Waals surface area contributed by atoms with E-state index in [4.69, 9.17) is 9.47 Å². The summed E-state index contributed by atoms with van der Waals surface area (Å²) in [5, 5.41) is 20.4. The first-order valence-corrected chi connectivity index (χ1v) is 6.60. The Balaban J connectivity index is 2.34. The van der Waals surface area contributed by atoms with Gasteiger partial charge in [0.2, 0.25) is 0 Å². The normalized spacial score (nSPS) is 21.8. The smallest absolute Gasteiger partial charge is 0.312 e. The quantitative estimate of drug-likeness (QED) is 0.659. The zero-order valence-corrected chi connectivity index (χ0v) is 11.7. The Morgan fingerprint density at radius 2 is 2.29 bits per heavy atom. The van der Waals surface area contributed by atoms with Crippen LogP contribution in [0.15, 0.2) is 18.2 Å². The van der Waals surface area contributed by atoms with Gasteiger partial charge in [0.15, 0.2) is 0 Å². The summed E-state index contributed by atoms with van der Waals surface area (Å²) < 4.78 is 10.4. The molecule has 1 atom stereocenters. The molecule has 1 saturated heterocycles. The van der Waals surface area contributed by atoms with Crippen molar-refractivity contribution < 1.29 is 24.3 Å². The molecule has 0 saturated carbocycles. The molecule has 1 heterocycles. The lowest BCUT2D eigenvalue weighted by Crippen LogP contribution is -2.41. The molecule has 1 fully saturated rings. The van der Waals surface area contributed by atoms with Gasteiger partial charge < -0.3 is 14.6 Å². The van der Waals surface area contributed by atoms with Gasteiger partial charge in [0.1, 0.15) is 5.75 Å². The molecule has 1 aromatic carbocycles. The fraction of sp³-hybridized carbons (Fsp3) is 0.500. The molecular formula is C14H17NO6. The molecule has 21 heavy (non-hydrogen) atoms. The number of hydrogen-bond acceptors (Lipinski definition) is 5. The molecule has 0 aliphatic carbocycles. The fourth-order valence-corrected chi connectivity index (χ4v) is 2.60. The van der Waals surface area contributed by atoms with E-state index in [1.165, 1.54) is 19.2 Å². The summed E-state index contributed by atoms with van der Waals surface area (Å²) in [6.45, 7) is 0.667. The van der Waals surface area contributed by atoms with E-state index in [0.29, 0.717) is 30.8 Å². The molecule has 7 nitrogen and oxygen atoms in total. The lowest BCUT2D eigenvalue weighted by Gasteiger charge is -2.33. The minimum atomic E-state index is -1.03. The van der Waals surface area contributed by atoms with Gasteiger partial charge in [0.25, 0.3) is 5.69 Å². The summed E-state index contributed by atoms with van der Waals surface area (Å²) in [4.78, 5) is 22.0. The van der Waals surface area contributed by atoms with E-state index in [1.54, 1.807) is 6.07 Å². The van der Waals surface area contributed by atoms with Crippen LogP contribution in [-0.2, 0) is 16.0 Å². The van der Waals surface area contributed by atoms with Crippen molar-refractivity contribution in [1.82, 2.24) is 0 Å². The highest BCUT2D eigenvalue weighted by Crippen LogP contribution is 2.35. The lowest BCUT2D eigenvalue weighted by molar-refractivity contribution is -0.385. The molecule has 114 valence electrons. The third kappa shape index (κ3) is 3.30. The topological polar surface area (TPSA) is 98.9 Å². The largest absolute Gasteiger partial charge is 0.496 e. The second-order valence-corrected chi connectivity index (χ2v) is 5.21. The van der Waals surface area contributed by atoms with Crippen molar-refractivity contribution in [3.63, 3.8) is 0 Å². The van der Waals surface area contributed by atoms with E-state index in [2.05, 4.69) is 0 Å². The molecule has 1 aromatic rings. The van der Waals surface area contributed by atoms with Gasteiger partial charge in [0.05, 0.1) is 30.1 Å². The molecule has 2 rings (SSSR count). The maximum atomic E-state index is 11.6. The van der Waals surface area contributed by atoms with Crippen LogP contribution in [0.2, 0.25) is 0 Å². The van der Waals surface area contributed by atoms with Crippen LogP contribution in [0.1, 0.15) is 18.4 Å². The van der Waals surface area contributed by atoms with Crippen molar-refractivity contribution in [2.45, 2.75) is 19.3 Å². The molecule has 1 aliphatic rings. The molecule has 1 N–H and O–H groups in total. The number of carboxylic acid groups (broad SMARTS) is 1. The summed E-state index contributed by atoms with van der Waals surface area (Å²) >= 11 is 0. The number of methoxy groups -OCH3 is 1. The van der Waals surface area contributed by atoms with Crippen LogP contribution < -0.4 is 4.74 Å². The molecule has 7 heteroatoms. The van der Waals surface area contributed by atoms with Gasteiger partial charge in [-0.3, -0.25) is 14.9 Å². The number of nitrogens with zero attached hydrogens (tertiary/aromatic N) is 1.